The number of hydrogen-bond donors (Lipinski definition) is 2. The molecule has 4 nitrogen and oxygen atoms in total. The lowest BCUT2D eigenvalue weighted by Crippen LogP contribution is -2.19. The van der Waals surface area contributed by atoms with Crippen molar-refractivity contribution in [3.8, 4) is 0 Å². The summed E-state index contributed by atoms with van der Waals surface area (Å²) >= 11 is 10.1. The van der Waals surface area contributed by atoms with Crippen molar-refractivity contribution >= 4 is 61.3 Å². The van der Waals surface area contributed by atoms with E-state index in [1.807, 2.05) is 31.2 Å². The Kier molecular flexibility index (Phi) is 5.33. The minimum Gasteiger partial charge on any atom is -0.465 e. The first kappa shape index (κ1) is 15.9. The molecular weight excluding hydrogens is 372 g/mol. The average molecular weight is 385 g/mol. The van der Waals surface area contributed by atoms with Gasteiger partial charge in [0.1, 0.15) is 5.00 Å². The molecular formula is C14H13BrN2O2S2. The zero-order chi connectivity index (χ0) is 15.4. The molecule has 0 aliphatic carbocycles. The molecule has 0 aliphatic rings. The molecule has 0 spiro atoms. The molecule has 2 aromatic rings. The van der Waals surface area contributed by atoms with E-state index in [9.17, 15) is 4.79 Å². The SMILES string of the molecule is COC(=O)c1cc(C)sc1NC(=S)Nc1ccc(Br)cc1. The van der Waals surface area contributed by atoms with Crippen molar-refractivity contribution in [3.63, 3.8) is 0 Å². The molecule has 2 rings (SSSR count). The van der Waals surface area contributed by atoms with Crippen LogP contribution in [0.1, 0.15) is 15.2 Å². The second-order valence-electron chi connectivity index (χ2n) is 4.18. The van der Waals surface area contributed by atoms with Gasteiger partial charge in [-0.15, -0.1) is 11.3 Å². The fourth-order valence-electron chi connectivity index (χ4n) is 1.67. The molecule has 110 valence electrons. The smallest absolute Gasteiger partial charge is 0.340 e. The van der Waals surface area contributed by atoms with Crippen LogP contribution in [0.4, 0.5) is 10.7 Å². The van der Waals surface area contributed by atoms with E-state index in [1.165, 1.54) is 18.4 Å². The van der Waals surface area contributed by atoms with Crippen LogP contribution in [0.2, 0.25) is 0 Å². The molecule has 21 heavy (non-hydrogen) atoms. The van der Waals surface area contributed by atoms with Crippen molar-refractivity contribution in [3.05, 3.63) is 45.2 Å². The van der Waals surface area contributed by atoms with E-state index in [-0.39, 0.29) is 5.97 Å². The maximum absolute atomic E-state index is 11.7. The van der Waals surface area contributed by atoms with Gasteiger partial charge in [0.25, 0.3) is 0 Å². The van der Waals surface area contributed by atoms with Gasteiger partial charge in [-0.25, -0.2) is 4.79 Å². The topological polar surface area (TPSA) is 50.4 Å². The van der Waals surface area contributed by atoms with Crippen LogP contribution in [0.25, 0.3) is 0 Å². The van der Waals surface area contributed by atoms with Gasteiger partial charge >= 0.3 is 5.97 Å². The van der Waals surface area contributed by atoms with E-state index < -0.39 is 0 Å². The van der Waals surface area contributed by atoms with E-state index in [2.05, 4.69) is 26.6 Å². The monoisotopic (exact) mass is 384 g/mol. The second-order valence-corrected chi connectivity index (χ2v) is 6.76. The number of aryl methyl sites for hydroxylation is 1. The Morgan fingerprint density at radius 3 is 2.57 bits per heavy atom. The number of benzene rings is 1. The number of anilines is 2. The third-order valence-electron chi connectivity index (χ3n) is 2.59. The Bertz CT molecular complexity index is 668. The highest BCUT2D eigenvalue weighted by Crippen LogP contribution is 2.28. The summed E-state index contributed by atoms with van der Waals surface area (Å²) in [6.07, 6.45) is 0. The number of thiophene rings is 1. The maximum atomic E-state index is 11.7. The Labute approximate surface area is 140 Å². The molecule has 7 heteroatoms. The highest BCUT2D eigenvalue weighted by atomic mass is 79.9. The summed E-state index contributed by atoms with van der Waals surface area (Å²) in [5, 5.41) is 7.20. The molecule has 1 aromatic carbocycles. The van der Waals surface area contributed by atoms with Crippen LogP contribution in [0, 0.1) is 6.92 Å². The molecule has 0 saturated heterocycles. The third kappa shape index (κ3) is 4.26. The molecule has 1 heterocycles. The largest absolute Gasteiger partial charge is 0.465 e. The molecule has 0 unspecified atom stereocenters. The van der Waals surface area contributed by atoms with Gasteiger partial charge in [0.15, 0.2) is 5.11 Å². The van der Waals surface area contributed by atoms with Gasteiger partial charge in [0, 0.05) is 15.0 Å². The van der Waals surface area contributed by atoms with Crippen LogP contribution in [0.5, 0.6) is 0 Å². The van der Waals surface area contributed by atoms with Crippen LogP contribution in [-0.2, 0) is 4.74 Å². The molecule has 2 N–H and O–H groups in total. The number of esters is 1. The fraction of sp³-hybridized carbons (Fsp3) is 0.143. The summed E-state index contributed by atoms with van der Waals surface area (Å²) in [5.74, 6) is -0.381. The van der Waals surface area contributed by atoms with Gasteiger partial charge in [0.2, 0.25) is 0 Å². The van der Waals surface area contributed by atoms with E-state index in [0.717, 1.165) is 15.0 Å². The maximum Gasteiger partial charge on any atom is 0.340 e. The van der Waals surface area contributed by atoms with Gasteiger partial charge in [-0.05, 0) is 49.5 Å². The Morgan fingerprint density at radius 2 is 1.95 bits per heavy atom. The summed E-state index contributed by atoms with van der Waals surface area (Å²) in [5.41, 5.74) is 1.35. The summed E-state index contributed by atoms with van der Waals surface area (Å²) in [6, 6.07) is 9.42. The quantitative estimate of drug-likeness (QED) is 0.605. The van der Waals surface area contributed by atoms with Crippen LogP contribution in [0.3, 0.4) is 0 Å². The number of methoxy groups -OCH3 is 1. The molecule has 0 bridgehead atoms. The Morgan fingerprint density at radius 1 is 1.29 bits per heavy atom. The predicted octanol–water partition coefficient (Wildman–Crippen LogP) is 4.41. The lowest BCUT2D eigenvalue weighted by Gasteiger charge is -2.10. The van der Waals surface area contributed by atoms with Crippen LogP contribution < -0.4 is 10.6 Å². The van der Waals surface area contributed by atoms with Gasteiger partial charge in [-0.3, -0.25) is 0 Å². The van der Waals surface area contributed by atoms with Gasteiger partial charge in [0.05, 0.1) is 12.7 Å². The van der Waals surface area contributed by atoms with Gasteiger partial charge < -0.3 is 15.4 Å². The standard InChI is InChI=1S/C14H13BrN2O2S2/c1-8-7-11(13(18)19-2)12(21-8)17-14(20)16-10-5-3-9(15)4-6-10/h3-7H,1-2H3,(H2,16,17,20). The number of hydrogen-bond acceptors (Lipinski definition) is 4. The van der Waals surface area contributed by atoms with E-state index in [0.29, 0.717) is 15.7 Å². The lowest BCUT2D eigenvalue weighted by atomic mass is 10.3. The molecule has 0 saturated carbocycles. The Hall–Kier alpha value is -1.44. The van der Waals surface area contributed by atoms with Crippen molar-refractivity contribution in [2.45, 2.75) is 6.92 Å². The fourth-order valence-corrected chi connectivity index (χ4v) is 3.12. The van der Waals surface area contributed by atoms with Crippen LogP contribution >= 0.6 is 39.5 Å². The minimum absolute atomic E-state index is 0.381. The number of rotatable bonds is 3. The van der Waals surface area contributed by atoms with Crippen molar-refractivity contribution < 1.29 is 9.53 Å². The number of carbonyl (C=O) groups is 1. The summed E-state index contributed by atoms with van der Waals surface area (Å²) in [6.45, 7) is 1.92. The first-order valence-electron chi connectivity index (χ1n) is 6.02. The highest BCUT2D eigenvalue weighted by Gasteiger charge is 2.16. The molecule has 0 fully saturated rings. The molecule has 1 aromatic heterocycles. The van der Waals surface area contributed by atoms with E-state index in [4.69, 9.17) is 17.0 Å². The van der Waals surface area contributed by atoms with Crippen molar-refractivity contribution in [1.82, 2.24) is 0 Å². The Balaban J connectivity index is 2.09. The average Bonchev–Trinajstić information content (AvgIpc) is 2.81. The molecule has 0 radical (unpaired) electrons. The van der Waals surface area contributed by atoms with Crippen molar-refractivity contribution in [2.75, 3.05) is 17.7 Å². The van der Waals surface area contributed by atoms with Crippen LogP contribution in [0.15, 0.2) is 34.8 Å². The summed E-state index contributed by atoms with van der Waals surface area (Å²) in [4.78, 5) is 12.7. The third-order valence-corrected chi connectivity index (χ3v) is 4.29. The zero-order valence-corrected chi connectivity index (χ0v) is 14.6. The first-order valence-corrected chi connectivity index (χ1v) is 8.03. The predicted molar refractivity (Wildman–Crippen MR) is 94.4 cm³/mol. The van der Waals surface area contributed by atoms with Gasteiger partial charge in [-0.1, -0.05) is 15.9 Å². The molecule has 0 aliphatic heterocycles. The zero-order valence-electron chi connectivity index (χ0n) is 11.4. The highest BCUT2D eigenvalue weighted by molar-refractivity contribution is 9.10. The number of halogens is 1. The normalized spacial score (nSPS) is 10.0. The minimum atomic E-state index is -0.381. The van der Waals surface area contributed by atoms with Crippen molar-refractivity contribution in [1.29, 1.82) is 0 Å². The van der Waals surface area contributed by atoms with Gasteiger partial charge in [-0.2, -0.15) is 0 Å². The van der Waals surface area contributed by atoms with E-state index >= 15 is 0 Å². The van der Waals surface area contributed by atoms with Crippen LogP contribution in [-0.4, -0.2) is 18.2 Å². The number of ether oxygens (including phenoxy) is 1. The molecule has 0 atom stereocenters. The lowest BCUT2D eigenvalue weighted by molar-refractivity contribution is 0.0602. The van der Waals surface area contributed by atoms with E-state index in [1.54, 1.807) is 6.07 Å². The second kappa shape index (κ2) is 7.02. The summed E-state index contributed by atoms with van der Waals surface area (Å²) in [7, 11) is 1.36. The first-order chi connectivity index (χ1) is 9.99. The van der Waals surface area contributed by atoms with Crippen molar-refractivity contribution in [2.24, 2.45) is 0 Å². The summed E-state index contributed by atoms with van der Waals surface area (Å²) < 4.78 is 5.76. The number of thiocarbonyl (C=S) groups is 1. The number of carbonyl (C=O) groups excluding carboxylic acids is 1. The number of nitrogens with one attached hydrogen (secondary N) is 2. The molecule has 0 amide bonds.